The van der Waals surface area contributed by atoms with Crippen LogP contribution < -0.4 is 20.1 Å². The molecule has 28 heavy (non-hydrogen) atoms. The maximum absolute atomic E-state index is 12.1. The Hall–Kier alpha value is -2.58. The summed E-state index contributed by atoms with van der Waals surface area (Å²) in [7, 11) is 0. The number of hydrogen-bond acceptors (Lipinski definition) is 5. The first-order valence-corrected chi connectivity index (χ1v) is 9.55. The predicted octanol–water partition coefficient (Wildman–Crippen LogP) is 3.35. The van der Waals surface area contributed by atoms with Crippen LogP contribution in [0.25, 0.3) is 0 Å². The van der Waals surface area contributed by atoms with Gasteiger partial charge in [0.2, 0.25) is 0 Å². The molecule has 2 rings (SSSR count). The molecule has 0 atom stereocenters. The maximum Gasteiger partial charge on any atom is 0.317 e. The molecule has 0 unspecified atom stereocenters. The highest BCUT2D eigenvalue weighted by Crippen LogP contribution is 2.34. The Morgan fingerprint density at radius 1 is 1.11 bits per heavy atom. The van der Waals surface area contributed by atoms with Gasteiger partial charge in [-0.3, -0.25) is 9.59 Å². The molecule has 150 valence electrons. The summed E-state index contributed by atoms with van der Waals surface area (Å²) in [6, 6.07) is 11.0. The molecule has 0 aliphatic rings. The van der Waals surface area contributed by atoms with Crippen molar-refractivity contribution in [2.75, 3.05) is 25.1 Å². The number of halogens is 1. The minimum absolute atomic E-state index is 0.145. The van der Waals surface area contributed by atoms with E-state index in [-0.39, 0.29) is 19.1 Å². The maximum atomic E-state index is 12.1. The molecule has 0 saturated heterocycles. The first-order chi connectivity index (χ1) is 13.4. The van der Waals surface area contributed by atoms with Crippen LogP contribution in [0.5, 0.6) is 11.5 Å². The molecule has 3 N–H and O–H groups in total. The fraction of sp³-hybridized carbons (Fsp3) is 0.300. The minimum atomic E-state index is -0.930. The van der Waals surface area contributed by atoms with Gasteiger partial charge in [0.25, 0.3) is 5.91 Å². The molecule has 0 bridgehead atoms. The normalized spacial score (nSPS) is 10.4. The van der Waals surface area contributed by atoms with Crippen molar-refractivity contribution < 1.29 is 24.2 Å². The quantitative estimate of drug-likeness (QED) is 0.513. The molecule has 0 saturated carbocycles. The molecule has 0 fully saturated rings. The highest BCUT2D eigenvalue weighted by atomic mass is 79.9. The molecule has 7 nitrogen and oxygen atoms in total. The predicted molar refractivity (Wildman–Crippen MR) is 110 cm³/mol. The van der Waals surface area contributed by atoms with Crippen LogP contribution >= 0.6 is 15.9 Å². The highest BCUT2D eigenvalue weighted by Gasteiger charge is 2.13. The highest BCUT2D eigenvalue weighted by molar-refractivity contribution is 9.10. The smallest absolute Gasteiger partial charge is 0.317 e. The summed E-state index contributed by atoms with van der Waals surface area (Å²) in [5.41, 5.74) is 2.63. The molecule has 0 spiro atoms. The van der Waals surface area contributed by atoms with Gasteiger partial charge >= 0.3 is 5.97 Å². The van der Waals surface area contributed by atoms with Crippen LogP contribution in [-0.2, 0) is 16.1 Å². The Labute approximate surface area is 172 Å². The van der Waals surface area contributed by atoms with E-state index in [1.165, 1.54) is 0 Å². The van der Waals surface area contributed by atoms with Crippen molar-refractivity contribution in [2.24, 2.45) is 0 Å². The fourth-order valence-corrected chi connectivity index (χ4v) is 2.84. The minimum Gasteiger partial charge on any atom is -0.490 e. The van der Waals surface area contributed by atoms with Gasteiger partial charge in [-0.25, -0.2) is 0 Å². The number of ether oxygens (including phenoxy) is 2. The Balaban J connectivity index is 2.02. The number of nitrogens with one attached hydrogen (secondary N) is 2. The van der Waals surface area contributed by atoms with E-state index < -0.39 is 5.97 Å². The Kier molecular flexibility index (Phi) is 8.28. The van der Waals surface area contributed by atoms with Crippen molar-refractivity contribution in [3.8, 4) is 11.5 Å². The number of hydrogen-bond donors (Lipinski definition) is 3. The first kappa shape index (κ1) is 21.7. The lowest BCUT2D eigenvalue weighted by atomic mass is 10.2. The van der Waals surface area contributed by atoms with Gasteiger partial charge in [0, 0.05) is 16.7 Å². The Morgan fingerprint density at radius 2 is 1.79 bits per heavy atom. The van der Waals surface area contributed by atoms with Crippen molar-refractivity contribution in [3.05, 3.63) is 52.0 Å². The monoisotopic (exact) mass is 450 g/mol. The van der Waals surface area contributed by atoms with E-state index in [1.807, 2.05) is 38.1 Å². The third kappa shape index (κ3) is 6.86. The molecule has 0 aliphatic heterocycles. The summed E-state index contributed by atoms with van der Waals surface area (Å²) in [4.78, 5) is 22.8. The molecule has 0 radical (unpaired) electrons. The van der Waals surface area contributed by atoms with Gasteiger partial charge < -0.3 is 25.2 Å². The van der Waals surface area contributed by atoms with Gasteiger partial charge in [0.05, 0.1) is 13.2 Å². The molecule has 2 aromatic carbocycles. The molecular formula is C20H23BrN2O5. The van der Waals surface area contributed by atoms with Gasteiger partial charge in [-0.2, -0.15) is 0 Å². The molecule has 0 heterocycles. The second kappa shape index (κ2) is 10.7. The van der Waals surface area contributed by atoms with E-state index >= 15 is 0 Å². The van der Waals surface area contributed by atoms with Gasteiger partial charge in [-0.05, 0) is 43.7 Å². The van der Waals surface area contributed by atoms with Crippen LogP contribution in [-0.4, -0.2) is 36.7 Å². The second-order valence-corrected chi connectivity index (χ2v) is 6.88. The van der Waals surface area contributed by atoms with Crippen LogP contribution in [0.1, 0.15) is 18.1 Å². The molecule has 2 aromatic rings. The SMILES string of the molecule is CCOc1cc(CNCC(=O)O)c(Br)cc1OCC(=O)Nc1ccc(C)cc1. The number of carbonyl (C=O) groups is 2. The summed E-state index contributed by atoms with van der Waals surface area (Å²) in [6.07, 6.45) is 0. The van der Waals surface area contributed by atoms with Gasteiger partial charge in [0.15, 0.2) is 18.1 Å². The van der Waals surface area contributed by atoms with Crippen LogP contribution in [0, 0.1) is 6.92 Å². The Morgan fingerprint density at radius 3 is 2.43 bits per heavy atom. The molecule has 1 amide bonds. The third-order valence-electron chi connectivity index (χ3n) is 3.70. The summed E-state index contributed by atoms with van der Waals surface area (Å²) in [5.74, 6) is -0.300. The van der Waals surface area contributed by atoms with Crippen molar-refractivity contribution in [3.63, 3.8) is 0 Å². The van der Waals surface area contributed by atoms with E-state index in [4.69, 9.17) is 14.6 Å². The van der Waals surface area contributed by atoms with E-state index in [0.717, 1.165) is 15.6 Å². The molecule has 0 aliphatic carbocycles. The zero-order chi connectivity index (χ0) is 20.5. The zero-order valence-electron chi connectivity index (χ0n) is 15.8. The summed E-state index contributed by atoms with van der Waals surface area (Å²) < 4.78 is 12.0. The number of aliphatic carboxylic acids is 1. The summed E-state index contributed by atoms with van der Waals surface area (Å²) in [6.45, 7) is 4.28. The van der Waals surface area contributed by atoms with Crippen molar-refractivity contribution >= 4 is 33.5 Å². The molecule has 8 heteroatoms. The molecule has 0 aromatic heterocycles. The van der Waals surface area contributed by atoms with E-state index in [0.29, 0.717) is 30.3 Å². The lowest BCUT2D eigenvalue weighted by molar-refractivity contribution is -0.136. The van der Waals surface area contributed by atoms with Crippen molar-refractivity contribution in [1.82, 2.24) is 5.32 Å². The van der Waals surface area contributed by atoms with Crippen LogP contribution in [0.2, 0.25) is 0 Å². The van der Waals surface area contributed by atoms with E-state index in [2.05, 4.69) is 26.6 Å². The topological polar surface area (TPSA) is 96.9 Å². The number of aryl methyl sites for hydroxylation is 1. The number of benzene rings is 2. The van der Waals surface area contributed by atoms with Gasteiger partial charge in [0.1, 0.15) is 0 Å². The molecular weight excluding hydrogens is 428 g/mol. The van der Waals surface area contributed by atoms with Gasteiger partial charge in [-0.1, -0.05) is 33.6 Å². The summed E-state index contributed by atoms with van der Waals surface area (Å²) in [5, 5.41) is 14.3. The second-order valence-electron chi connectivity index (χ2n) is 6.02. The zero-order valence-corrected chi connectivity index (χ0v) is 17.3. The van der Waals surface area contributed by atoms with Crippen LogP contribution in [0.3, 0.4) is 0 Å². The number of carboxylic acid groups (broad SMARTS) is 1. The fourth-order valence-electron chi connectivity index (χ4n) is 2.38. The summed E-state index contributed by atoms with van der Waals surface area (Å²) >= 11 is 3.44. The third-order valence-corrected chi connectivity index (χ3v) is 4.44. The average Bonchev–Trinajstić information content (AvgIpc) is 2.64. The Bertz CT molecular complexity index is 824. The largest absolute Gasteiger partial charge is 0.490 e. The van der Waals surface area contributed by atoms with Crippen LogP contribution in [0.15, 0.2) is 40.9 Å². The van der Waals surface area contributed by atoms with E-state index in [1.54, 1.807) is 12.1 Å². The number of carbonyl (C=O) groups excluding carboxylic acids is 1. The lowest BCUT2D eigenvalue weighted by Gasteiger charge is -2.15. The first-order valence-electron chi connectivity index (χ1n) is 8.76. The standard InChI is InChI=1S/C20H23BrN2O5/c1-3-27-17-8-14(10-22-11-20(25)26)16(21)9-18(17)28-12-19(24)23-15-6-4-13(2)5-7-15/h4-9,22H,3,10-12H2,1-2H3,(H,23,24)(H,25,26). The van der Waals surface area contributed by atoms with Gasteiger partial charge in [-0.15, -0.1) is 0 Å². The number of rotatable bonds is 10. The number of amides is 1. The van der Waals surface area contributed by atoms with Crippen molar-refractivity contribution in [2.45, 2.75) is 20.4 Å². The van der Waals surface area contributed by atoms with Crippen molar-refractivity contribution in [1.29, 1.82) is 0 Å². The van der Waals surface area contributed by atoms with Crippen LogP contribution in [0.4, 0.5) is 5.69 Å². The number of anilines is 1. The lowest BCUT2D eigenvalue weighted by Crippen LogP contribution is -2.22. The number of carboxylic acids is 1. The average molecular weight is 451 g/mol. The van der Waals surface area contributed by atoms with E-state index in [9.17, 15) is 9.59 Å².